The third-order valence-corrected chi connectivity index (χ3v) is 5.30. The summed E-state index contributed by atoms with van der Waals surface area (Å²) in [5, 5.41) is 12.2. The number of methoxy groups -OCH3 is 1. The monoisotopic (exact) mass is 457 g/mol. The van der Waals surface area contributed by atoms with Crippen molar-refractivity contribution in [2.75, 3.05) is 51.7 Å². The van der Waals surface area contributed by atoms with Gasteiger partial charge in [-0.25, -0.2) is 4.39 Å². The van der Waals surface area contributed by atoms with Crippen molar-refractivity contribution in [3.63, 3.8) is 0 Å². The fourth-order valence-corrected chi connectivity index (χ4v) is 3.53. The maximum atomic E-state index is 13.8. The van der Waals surface area contributed by atoms with E-state index in [4.69, 9.17) is 19.5 Å². The number of ether oxygens (including phenoxy) is 3. The summed E-state index contributed by atoms with van der Waals surface area (Å²) in [6.07, 6.45) is 2.15. The Kier molecular flexibility index (Phi) is 12.3. The number of anilines is 1. The summed E-state index contributed by atoms with van der Waals surface area (Å²) < 4.78 is 29.1. The van der Waals surface area contributed by atoms with Gasteiger partial charge in [-0.05, 0) is 67.9 Å². The molecule has 0 aromatic heterocycles. The zero-order valence-corrected chi connectivity index (χ0v) is 20.0. The lowest BCUT2D eigenvalue weighted by Gasteiger charge is -2.24. The zero-order valence-electron chi connectivity index (χ0n) is 20.0. The predicted molar refractivity (Wildman–Crippen MR) is 129 cm³/mol. The molecular weight excluding hydrogens is 421 g/mol. The molecule has 0 saturated carbocycles. The molecule has 1 aliphatic heterocycles. The molecule has 33 heavy (non-hydrogen) atoms. The zero-order chi connectivity index (χ0) is 23.9. The summed E-state index contributed by atoms with van der Waals surface area (Å²) in [5.74, 6) is 0.503. The first kappa shape index (κ1) is 26.6. The Balaban J connectivity index is 0.000000294. The Morgan fingerprint density at radius 2 is 1.88 bits per heavy atom. The van der Waals surface area contributed by atoms with Gasteiger partial charge in [-0.2, -0.15) is 5.26 Å². The fourth-order valence-electron chi connectivity index (χ4n) is 3.53. The summed E-state index contributed by atoms with van der Waals surface area (Å²) >= 11 is 0. The summed E-state index contributed by atoms with van der Waals surface area (Å²) in [5.41, 5.74) is 2.55. The summed E-state index contributed by atoms with van der Waals surface area (Å²) in [6, 6.07) is 14.6. The van der Waals surface area contributed by atoms with Crippen molar-refractivity contribution in [2.45, 2.75) is 33.2 Å². The van der Waals surface area contributed by atoms with Gasteiger partial charge in [-0.3, -0.25) is 0 Å². The Hall–Kier alpha value is -2.66. The number of hydrogen-bond acceptors (Lipinski definition) is 6. The van der Waals surface area contributed by atoms with Crippen molar-refractivity contribution >= 4 is 5.69 Å². The quantitative estimate of drug-likeness (QED) is 0.521. The van der Waals surface area contributed by atoms with Gasteiger partial charge in [-0.15, -0.1) is 0 Å². The number of hydrogen-bond donors (Lipinski definition) is 1. The van der Waals surface area contributed by atoms with Crippen LogP contribution in [0.15, 0.2) is 42.5 Å². The van der Waals surface area contributed by atoms with Gasteiger partial charge in [0.15, 0.2) is 11.6 Å². The maximum absolute atomic E-state index is 13.8. The van der Waals surface area contributed by atoms with Crippen LogP contribution in [0.25, 0.3) is 0 Å². The molecule has 1 N–H and O–H groups in total. The van der Waals surface area contributed by atoms with Gasteiger partial charge in [0.1, 0.15) is 6.79 Å². The summed E-state index contributed by atoms with van der Waals surface area (Å²) in [7, 11) is 1.46. The average molecular weight is 458 g/mol. The largest absolute Gasteiger partial charge is 0.494 e. The van der Waals surface area contributed by atoms with Gasteiger partial charge in [0.2, 0.25) is 0 Å². The number of nitrogens with zero attached hydrogens (tertiary/aromatic N) is 2. The van der Waals surface area contributed by atoms with E-state index in [1.165, 1.54) is 13.2 Å². The molecule has 3 rings (SSSR count). The molecule has 0 amide bonds. The number of nitriles is 1. The topological polar surface area (TPSA) is 66.8 Å². The molecule has 7 heteroatoms. The third kappa shape index (κ3) is 9.39. The Morgan fingerprint density at radius 3 is 2.45 bits per heavy atom. The molecule has 2 aromatic carbocycles. The van der Waals surface area contributed by atoms with Crippen molar-refractivity contribution in [3.05, 3.63) is 59.4 Å². The lowest BCUT2D eigenvalue weighted by atomic mass is 10.1. The molecule has 0 unspecified atom stereocenters. The molecule has 0 radical (unpaired) electrons. The van der Waals surface area contributed by atoms with Crippen LogP contribution in [0.5, 0.6) is 5.75 Å². The van der Waals surface area contributed by atoms with Crippen LogP contribution in [0, 0.1) is 23.1 Å². The van der Waals surface area contributed by atoms with Gasteiger partial charge in [0.05, 0.1) is 32.0 Å². The average Bonchev–Trinajstić information content (AvgIpc) is 2.85. The van der Waals surface area contributed by atoms with Gasteiger partial charge in [-0.1, -0.05) is 19.9 Å². The molecule has 1 heterocycles. The van der Waals surface area contributed by atoms with Crippen molar-refractivity contribution in [1.29, 1.82) is 5.26 Å². The van der Waals surface area contributed by atoms with Crippen LogP contribution in [0.2, 0.25) is 0 Å². The number of halogens is 1. The fraction of sp³-hybridized carbons (Fsp3) is 0.500. The van der Waals surface area contributed by atoms with Crippen LogP contribution in [0.3, 0.4) is 0 Å². The van der Waals surface area contributed by atoms with Crippen LogP contribution in [0.4, 0.5) is 10.1 Å². The first-order valence-corrected chi connectivity index (χ1v) is 11.5. The van der Waals surface area contributed by atoms with E-state index >= 15 is 0 Å². The van der Waals surface area contributed by atoms with E-state index < -0.39 is 0 Å². The predicted octanol–water partition coefficient (Wildman–Crippen LogP) is 4.73. The van der Waals surface area contributed by atoms with E-state index in [9.17, 15) is 4.39 Å². The van der Waals surface area contributed by atoms with E-state index in [1.54, 1.807) is 18.2 Å². The van der Waals surface area contributed by atoms with Crippen molar-refractivity contribution in [3.8, 4) is 11.8 Å². The highest BCUT2D eigenvalue weighted by atomic mass is 19.1. The second kappa shape index (κ2) is 15.2. The second-order valence-corrected chi connectivity index (χ2v) is 7.92. The van der Waals surface area contributed by atoms with E-state index in [1.807, 2.05) is 18.2 Å². The van der Waals surface area contributed by atoms with Crippen molar-refractivity contribution in [1.82, 2.24) is 5.32 Å². The number of benzene rings is 2. The summed E-state index contributed by atoms with van der Waals surface area (Å²) in [4.78, 5) is 2.17. The van der Waals surface area contributed by atoms with Gasteiger partial charge in [0.25, 0.3) is 0 Å². The molecule has 1 fully saturated rings. The third-order valence-electron chi connectivity index (χ3n) is 5.30. The minimum absolute atomic E-state index is 0.254. The Labute approximate surface area is 197 Å². The molecule has 0 bridgehead atoms. The first-order valence-electron chi connectivity index (χ1n) is 11.5. The van der Waals surface area contributed by atoms with Gasteiger partial charge >= 0.3 is 0 Å². The number of rotatable bonds is 10. The molecule has 1 aliphatic rings. The SMILES string of the molecule is CCCN(Cc1ccc(OC)c(F)c1)c1ccc(C#N)cc1.CCNCCC1COCOC1. The minimum Gasteiger partial charge on any atom is -0.494 e. The second-order valence-electron chi connectivity index (χ2n) is 7.92. The smallest absolute Gasteiger partial charge is 0.165 e. The first-order chi connectivity index (χ1) is 16.1. The normalized spacial score (nSPS) is 13.5. The highest BCUT2D eigenvalue weighted by Crippen LogP contribution is 2.22. The molecule has 0 aliphatic carbocycles. The van der Waals surface area contributed by atoms with Crippen LogP contribution < -0.4 is 15.0 Å². The van der Waals surface area contributed by atoms with E-state index in [0.29, 0.717) is 24.8 Å². The Bertz CT molecular complexity index is 849. The summed E-state index contributed by atoms with van der Waals surface area (Å²) in [6.45, 7) is 10.0. The van der Waals surface area contributed by atoms with Crippen molar-refractivity contribution in [2.24, 2.45) is 5.92 Å². The number of nitrogens with one attached hydrogen (secondary N) is 1. The molecule has 1 saturated heterocycles. The van der Waals surface area contributed by atoms with Gasteiger partial charge in [0, 0.05) is 24.7 Å². The van der Waals surface area contributed by atoms with Crippen LogP contribution in [0.1, 0.15) is 37.8 Å². The maximum Gasteiger partial charge on any atom is 0.165 e. The van der Waals surface area contributed by atoms with Crippen LogP contribution in [-0.2, 0) is 16.0 Å². The molecule has 0 spiro atoms. The molecule has 180 valence electrons. The standard InChI is InChI=1S/C18H19FN2O.C8H17NO2/c1-3-10-21(16-7-4-14(12-20)5-8-16)13-15-6-9-18(22-2)17(19)11-15;1-2-9-4-3-8-5-10-7-11-6-8/h4-9,11H,3,10,13H2,1-2H3;8-9H,2-7H2,1H3. The van der Waals surface area contributed by atoms with Crippen molar-refractivity contribution < 1.29 is 18.6 Å². The highest BCUT2D eigenvalue weighted by molar-refractivity contribution is 5.50. The van der Waals surface area contributed by atoms with Crippen LogP contribution >= 0.6 is 0 Å². The van der Waals surface area contributed by atoms with E-state index in [0.717, 1.165) is 56.9 Å². The lowest BCUT2D eigenvalue weighted by Crippen LogP contribution is -2.27. The molecule has 6 nitrogen and oxygen atoms in total. The molecular formula is C26H36FN3O3. The lowest BCUT2D eigenvalue weighted by molar-refractivity contribution is -0.126. The highest BCUT2D eigenvalue weighted by Gasteiger charge is 2.13. The van der Waals surface area contributed by atoms with Crippen LogP contribution in [-0.4, -0.2) is 46.8 Å². The Morgan fingerprint density at radius 1 is 1.15 bits per heavy atom. The molecule has 2 aromatic rings. The minimum atomic E-state index is -0.351. The van der Waals surface area contributed by atoms with E-state index in [2.05, 4.69) is 30.1 Å². The van der Waals surface area contributed by atoms with E-state index in [-0.39, 0.29) is 11.6 Å². The molecule has 0 atom stereocenters. The van der Waals surface area contributed by atoms with Gasteiger partial charge < -0.3 is 24.4 Å².